The zero-order valence-corrected chi connectivity index (χ0v) is 15.8. The standard InChI is InChI=1S/C20H27N3O4/c1-27-12-4-10-21-19(25)16-8-6-15(7-9-16)13-22-14-18(24)23-11-3-2-5-17(23)20(22)26/h6-9,17H,2-5,10-14H2,1H3,(H,21,25). The molecule has 1 aromatic carbocycles. The predicted molar refractivity (Wildman–Crippen MR) is 100 cm³/mol. The Labute approximate surface area is 159 Å². The van der Waals surface area contributed by atoms with Gasteiger partial charge in [-0.2, -0.15) is 0 Å². The summed E-state index contributed by atoms with van der Waals surface area (Å²) in [5.41, 5.74) is 1.49. The molecule has 1 atom stereocenters. The summed E-state index contributed by atoms with van der Waals surface area (Å²) >= 11 is 0. The lowest BCUT2D eigenvalue weighted by atomic mass is 9.98. The summed E-state index contributed by atoms with van der Waals surface area (Å²) in [6.45, 7) is 2.40. The normalized spacial score (nSPS) is 19.8. The van der Waals surface area contributed by atoms with Crippen molar-refractivity contribution >= 4 is 17.7 Å². The van der Waals surface area contributed by atoms with Crippen LogP contribution in [0.2, 0.25) is 0 Å². The number of carbonyl (C=O) groups excluding carboxylic acids is 3. The molecule has 2 aliphatic rings. The summed E-state index contributed by atoms with van der Waals surface area (Å²) in [6, 6.07) is 6.90. The van der Waals surface area contributed by atoms with Gasteiger partial charge >= 0.3 is 0 Å². The monoisotopic (exact) mass is 373 g/mol. The first kappa shape index (κ1) is 19.4. The second kappa shape index (κ2) is 8.99. The van der Waals surface area contributed by atoms with Crippen molar-refractivity contribution in [2.24, 2.45) is 0 Å². The largest absolute Gasteiger partial charge is 0.385 e. The van der Waals surface area contributed by atoms with Crippen LogP contribution < -0.4 is 5.32 Å². The summed E-state index contributed by atoms with van der Waals surface area (Å²) in [5.74, 6) is -0.0552. The molecule has 1 aromatic rings. The minimum absolute atomic E-state index is 0.0337. The number of amides is 3. The van der Waals surface area contributed by atoms with Gasteiger partial charge in [0.05, 0.1) is 0 Å². The van der Waals surface area contributed by atoms with E-state index in [4.69, 9.17) is 4.74 Å². The maximum absolute atomic E-state index is 12.7. The van der Waals surface area contributed by atoms with Gasteiger partial charge in [-0.25, -0.2) is 0 Å². The van der Waals surface area contributed by atoms with Crippen molar-refractivity contribution in [3.63, 3.8) is 0 Å². The summed E-state index contributed by atoms with van der Waals surface area (Å²) < 4.78 is 4.96. The van der Waals surface area contributed by atoms with Crippen LogP contribution >= 0.6 is 0 Å². The highest BCUT2D eigenvalue weighted by Crippen LogP contribution is 2.24. The number of ether oxygens (including phenoxy) is 1. The summed E-state index contributed by atoms with van der Waals surface area (Å²) in [5, 5.41) is 2.84. The summed E-state index contributed by atoms with van der Waals surface area (Å²) in [7, 11) is 1.63. The summed E-state index contributed by atoms with van der Waals surface area (Å²) in [6.07, 6.45) is 3.49. The molecule has 0 aliphatic carbocycles. The molecule has 0 spiro atoms. The Bertz CT molecular complexity index is 689. The van der Waals surface area contributed by atoms with Crippen LogP contribution in [0.3, 0.4) is 0 Å². The third kappa shape index (κ3) is 4.66. The number of rotatable bonds is 7. The number of nitrogens with zero attached hydrogens (tertiary/aromatic N) is 2. The van der Waals surface area contributed by atoms with E-state index in [0.717, 1.165) is 31.2 Å². The number of hydrogen-bond donors (Lipinski definition) is 1. The average Bonchev–Trinajstić information content (AvgIpc) is 2.69. The van der Waals surface area contributed by atoms with Crippen LogP contribution in [-0.2, 0) is 20.9 Å². The summed E-state index contributed by atoms with van der Waals surface area (Å²) in [4.78, 5) is 40.5. The van der Waals surface area contributed by atoms with E-state index in [1.807, 2.05) is 12.1 Å². The van der Waals surface area contributed by atoms with Gasteiger partial charge in [0.2, 0.25) is 11.8 Å². The maximum atomic E-state index is 12.7. The molecule has 3 amide bonds. The van der Waals surface area contributed by atoms with E-state index in [1.54, 1.807) is 29.0 Å². The van der Waals surface area contributed by atoms with Crippen molar-refractivity contribution in [1.82, 2.24) is 15.1 Å². The molecule has 7 heteroatoms. The molecular formula is C20H27N3O4. The first-order valence-electron chi connectivity index (χ1n) is 9.54. The molecule has 1 unspecified atom stereocenters. The minimum atomic E-state index is -0.294. The number of methoxy groups -OCH3 is 1. The van der Waals surface area contributed by atoms with E-state index >= 15 is 0 Å². The number of benzene rings is 1. The highest BCUT2D eigenvalue weighted by atomic mass is 16.5. The molecule has 0 radical (unpaired) electrons. The minimum Gasteiger partial charge on any atom is -0.385 e. The topological polar surface area (TPSA) is 79.0 Å². The van der Waals surface area contributed by atoms with Gasteiger partial charge in [-0.05, 0) is 43.4 Å². The number of fused-ring (bicyclic) bond motifs is 1. The third-order valence-corrected chi connectivity index (χ3v) is 5.15. The van der Waals surface area contributed by atoms with Crippen LogP contribution in [0.5, 0.6) is 0 Å². The van der Waals surface area contributed by atoms with Crippen molar-refractivity contribution in [3.8, 4) is 0 Å². The van der Waals surface area contributed by atoms with Gasteiger partial charge < -0.3 is 19.9 Å². The van der Waals surface area contributed by atoms with Gasteiger partial charge in [0.25, 0.3) is 5.91 Å². The Morgan fingerprint density at radius 1 is 1.22 bits per heavy atom. The molecule has 2 heterocycles. The Balaban J connectivity index is 1.57. The fraction of sp³-hybridized carbons (Fsp3) is 0.550. The number of hydrogen-bond acceptors (Lipinski definition) is 4. The van der Waals surface area contributed by atoms with Crippen LogP contribution in [0, 0.1) is 0 Å². The first-order valence-corrected chi connectivity index (χ1v) is 9.54. The van der Waals surface area contributed by atoms with E-state index < -0.39 is 0 Å². The lowest BCUT2D eigenvalue weighted by Crippen LogP contribution is -2.60. The lowest BCUT2D eigenvalue weighted by molar-refractivity contribution is -0.158. The highest BCUT2D eigenvalue weighted by molar-refractivity contribution is 5.95. The van der Waals surface area contributed by atoms with Gasteiger partial charge in [-0.15, -0.1) is 0 Å². The Morgan fingerprint density at radius 2 is 2.00 bits per heavy atom. The fourth-order valence-corrected chi connectivity index (χ4v) is 3.67. The Hall–Kier alpha value is -2.41. The molecule has 1 N–H and O–H groups in total. The average molecular weight is 373 g/mol. The van der Waals surface area contributed by atoms with Crippen LogP contribution in [0.4, 0.5) is 0 Å². The van der Waals surface area contributed by atoms with Crippen molar-refractivity contribution in [3.05, 3.63) is 35.4 Å². The van der Waals surface area contributed by atoms with Crippen LogP contribution in [0.25, 0.3) is 0 Å². The predicted octanol–water partition coefficient (Wildman–Crippen LogP) is 1.18. The highest BCUT2D eigenvalue weighted by Gasteiger charge is 2.40. The number of piperidine rings is 1. The van der Waals surface area contributed by atoms with Crippen molar-refractivity contribution in [1.29, 1.82) is 0 Å². The lowest BCUT2D eigenvalue weighted by Gasteiger charge is -2.42. The van der Waals surface area contributed by atoms with Gasteiger partial charge in [0.15, 0.2) is 0 Å². The smallest absolute Gasteiger partial charge is 0.251 e. The molecular weight excluding hydrogens is 346 g/mol. The van der Waals surface area contributed by atoms with Crippen molar-refractivity contribution in [2.75, 3.05) is 33.4 Å². The third-order valence-electron chi connectivity index (χ3n) is 5.15. The zero-order chi connectivity index (χ0) is 19.2. The molecule has 2 aliphatic heterocycles. The zero-order valence-electron chi connectivity index (χ0n) is 15.8. The fourth-order valence-electron chi connectivity index (χ4n) is 3.67. The molecule has 0 bridgehead atoms. The molecule has 146 valence electrons. The molecule has 2 saturated heterocycles. The Morgan fingerprint density at radius 3 is 2.74 bits per heavy atom. The van der Waals surface area contributed by atoms with Crippen molar-refractivity contribution in [2.45, 2.75) is 38.3 Å². The number of nitrogens with one attached hydrogen (secondary N) is 1. The van der Waals surface area contributed by atoms with Gasteiger partial charge in [-0.3, -0.25) is 14.4 Å². The van der Waals surface area contributed by atoms with E-state index in [9.17, 15) is 14.4 Å². The van der Waals surface area contributed by atoms with Gasteiger partial charge in [0, 0.05) is 38.9 Å². The second-order valence-electron chi connectivity index (χ2n) is 7.09. The van der Waals surface area contributed by atoms with E-state index in [-0.39, 0.29) is 30.3 Å². The quantitative estimate of drug-likeness (QED) is 0.728. The Kier molecular flexibility index (Phi) is 6.45. The SMILES string of the molecule is COCCCNC(=O)c1ccc(CN2CC(=O)N3CCCCC3C2=O)cc1. The molecule has 0 aromatic heterocycles. The van der Waals surface area contributed by atoms with Crippen LogP contribution in [0.1, 0.15) is 41.6 Å². The molecule has 7 nitrogen and oxygen atoms in total. The van der Waals surface area contributed by atoms with Crippen molar-refractivity contribution < 1.29 is 19.1 Å². The first-order chi connectivity index (χ1) is 13.1. The van der Waals surface area contributed by atoms with E-state index in [0.29, 0.717) is 31.8 Å². The van der Waals surface area contributed by atoms with E-state index in [2.05, 4.69) is 5.32 Å². The molecule has 2 fully saturated rings. The number of carbonyl (C=O) groups is 3. The van der Waals surface area contributed by atoms with Gasteiger partial charge in [-0.1, -0.05) is 12.1 Å². The molecule has 3 rings (SSSR count). The second-order valence-corrected chi connectivity index (χ2v) is 7.09. The maximum Gasteiger partial charge on any atom is 0.251 e. The number of piperazine rings is 1. The van der Waals surface area contributed by atoms with Crippen LogP contribution in [-0.4, -0.2) is 66.9 Å². The van der Waals surface area contributed by atoms with Crippen LogP contribution in [0.15, 0.2) is 24.3 Å². The molecule has 27 heavy (non-hydrogen) atoms. The van der Waals surface area contributed by atoms with Gasteiger partial charge in [0.1, 0.15) is 12.6 Å². The van der Waals surface area contributed by atoms with E-state index in [1.165, 1.54) is 0 Å². The molecule has 0 saturated carbocycles.